The quantitative estimate of drug-likeness (QED) is 0.647. The van der Waals surface area contributed by atoms with E-state index in [1.165, 1.54) is 26.2 Å². The Morgan fingerprint density at radius 1 is 1.13 bits per heavy atom. The second-order valence-corrected chi connectivity index (χ2v) is 4.18. The van der Waals surface area contributed by atoms with Crippen molar-refractivity contribution in [3.05, 3.63) is 0 Å². The van der Waals surface area contributed by atoms with Gasteiger partial charge in [0.1, 0.15) is 0 Å². The van der Waals surface area contributed by atoms with Crippen LogP contribution in [0.2, 0.25) is 0 Å². The summed E-state index contributed by atoms with van der Waals surface area (Å²) >= 11 is 0. The fraction of sp³-hybridized carbons (Fsp3) is 1.00. The zero-order valence-corrected chi connectivity index (χ0v) is 10.7. The van der Waals surface area contributed by atoms with Crippen LogP contribution in [0.15, 0.2) is 0 Å². The van der Waals surface area contributed by atoms with Gasteiger partial charge in [-0.25, -0.2) is 0 Å². The minimum absolute atomic E-state index is 0.139. The lowest BCUT2D eigenvalue weighted by Gasteiger charge is -2.04. The Morgan fingerprint density at radius 2 is 1.67 bits per heavy atom. The Balaban J connectivity index is 0. The molecule has 0 heterocycles. The molecule has 15 heavy (non-hydrogen) atoms. The van der Waals surface area contributed by atoms with Crippen LogP contribution in [0, 0.1) is 5.92 Å². The zero-order valence-electron chi connectivity index (χ0n) is 10.7. The largest absolute Gasteiger partial charge is 0.394 e. The van der Waals surface area contributed by atoms with Gasteiger partial charge in [0.15, 0.2) is 0 Å². The lowest BCUT2D eigenvalue weighted by Crippen LogP contribution is -2.03. The molecule has 0 radical (unpaired) electrons. The van der Waals surface area contributed by atoms with Crippen LogP contribution in [0.5, 0.6) is 0 Å². The Morgan fingerprint density at radius 3 is 2.00 bits per heavy atom. The Bertz CT molecular complexity index is 103. The molecule has 0 aromatic heterocycles. The molecule has 0 rings (SSSR count). The Kier molecular flexibility index (Phi) is 16.0. The Hall–Kier alpha value is -0.120. The highest BCUT2D eigenvalue weighted by molar-refractivity contribution is 4.42. The highest BCUT2D eigenvalue weighted by Crippen LogP contribution is 1.99. The molecule has 0 aromatic rings. The predicted molar refractivity (Wildman–Crippen MR) is 63.9 cm³/mol. The highest BCUT2D eigenvalue weighted by atomic mass is 16.5. The summed E-state index contributed by atoms with van der Waals surface area (Å²) in [5, 5.41) is 16.0. The number of hydrogen-bond donors (Lipinski definition) is 2. The molecule has 0 spiro atoms. The zero-order chi connectivity index (χ0) is 12.1. The lowest BCUT2D eigenvalue weighted by molar-refractivity contribution is 0.110. The van der Waals surface area contributed by atoms with Gasteiger partial charge in [0.2, 0.25) is 0 Å². The van der Waals surface area contributed by atoms with Crippen molar-refractivity contribution in [2.45, 2.75) is 53.1 Å². The monoisotopic (exact) mass is 220 g/mol. The van der Waals surface area contributed by atoms with Gasteiger partial charge < -0.3 is 14.9 Å². The maximum atomic E-state index is 8.11. The van der Waals surface area contributed by atoms with E-state index < -0.39 is 6.10 Å². The summed E-state index contributed by atoms with van der Waals surface area (Å²) in [6.07, 6.45) is 3.08. The van der Waals surface area contributed by atoms with Crippen molar-refractivity contribution in [3.8, 4) is 0 Å². The topological polar surface area (TPSA) is 49.7 Å². The molecule has 3 nitrogen and oxygen atoms in total. The van der Waals surface area contributed by atoms with Gasteiger partial charge in [-0.05, 0) is 25.7 Å². The van der Waals surface area contributed by atoms with E-state index in [1.54, 1.807) is 0 Å². The highest BCUT2D eigenvalue weighted by Gasteiger charge is 1.92. The van der Waals surface area contributed by atoms with E-state index in [0.717, 1.165) is 19.1 Å². The van der Waals surface area contributed by atoms with Crippen molar-refractivity contribution in [1.82, 2.24) is 0 Å². The summed E-state index contributed by atoms with van der Waals surface area (Å²) in [5.41, 5.74) is 0. The maximum absolute atomic E-state index is 8.11. The molecule has 94 valence electrons. The van der Waals surface area contributed by atoms with E-state index in [-0.39, 0.29) is 6.61 Å². The minimum atomic E-state index is -0.560. The maximum Gasteiger partial charge on any atom is 0.0742 e. The van der Waals surface area contributed by atoms with Crippen LogP contribution in [0.3, 0.4) is 0 Å². The molecule has 0 aromatic carbocycles. The van der Waals surface area contributed by atoms with Gasteiger partial charge in [-0.1, -0.05) is 27.2 Å². The van der Waals surface area contributed by atoms with Crippen LogP contribution in [-0.2, 0) is 4.74 Å². The molecular weight excluding hydrogens is 192 g/mol. The molecule has 2 N–H and O–H groups in total. The van der Waals surface area contributed by atoms with Crippen molar-refractivity contribution >= 4 is 0 Å². The molecule has 1 atom stereocenters. The molecular formula is C12H28O3. The average Bonchev–Trinajstić information content (AvgIpc) is 2.18. The third-order valence-electron chi connectivity index (χ3n) is 1.75. The average molecular weight is 220 g/mol. The third kappa shape index (κ3) is 24.8. The molecule has 0 saturated heterocycles. The van der Waals surface area contributed by atoms with E-state index in [0.29, 0.717) is 0 Å². The van der Waals surface area contributed by atoms with Crippen molar-refractivity contribution < 1.29 is 14.9 Å². The van der Waals surface area contributed by atoms with E-state index in [9.17, 15) is 0 Å². The van der Waals surface area contributed by atoms with Crippen LogP contribution < -0.4 is 0 Å². The summed E-state index contributed by atoms with van der Waals surface area (Å²) < 4.78 is 5.38. The first-order valence-corrected chi connectivity index (χ1v) is 5.91. The van der Waals surface area contributed by atoms with Gasteiger partial charge in [-0.2, -0.15) is 0 Å². The fourth-order valence-corrected chi connectivity index (χ4v) is 0.667. The number of rotatable bonds is 7. The van der Waals surface area contributed by atoms with Gasteiger partial charge >= 0.3 is 0 Å². The van der Waals surface area contributed by atoms with Crippen molar-refractivity contribution in [1.29, 1.82) is 0 Å². The number of aliphatic hydroxyl groups is 2. The summed E-state index contributed by atoms with van der Waals surface area (Å²) in [4.78, 5) is 0. The van der Waals surface area contributed by atoms with Gasteiger partial charge in [-0.15, -0.1) is 0 Å². The van der Waals surface area contributed by atoms with Crippen molar-refractivity contribution in [2.75, 3.05) is 19.8 Å². The summed E-state index contributed by atoms with van der Waals surface area (Å²) in [7, 11) is 0. The van der Waals surface area contributed by atoms with E-state index >= 15 is 0 Å². The van der Waals surface area contributed by atoms with Gasteiger partial charge in [-0.3, -0.25) is 0 Å². The molecule has 0 aliphatic rings. The van der Waals surface area contributed by atoms with Crippen LogP contribution in [0.1, 0.15) is 47.0 Å². The lowest BCUT2D eigenvalue weighted by atomic mass is 10.1. The number of aliphatic hydroxyl groups excluding tert-OH is 2. The summed E-state index contributed by atoms with van der Waals surface area (Å²) in [6.45, 7) is 9.92. The SMILES string of the molecule is CC(O)CO.CCCCOCCC(C)C. The van der Waals surface area contributed by atoms with Gasteiger partial charge in [0.05, 0.1) is 12.7 Å². The fourth-order valence-electron chi connectivity index (χ4n) is 0.667. The number of unbranched alkanes of at least 4 members (excludes halogenated alkanes) is 1. The van der Waals surface area contributed by atoms with Crippen molar-refractivity contribution in [2.24, 2.45) is 5.92 Å². The summed E-state index contributed by atoms with van der Waals surface area (Å²) in [6, 6.07) is 0. The minimum Gasteiger partial charge on any atom is -0.394 e. The standard InChI is InChI=1S/C9H20O.C3H8O2/c1-4-5-7-10-8-6-9(2)3;1-3(5)2-4/h9H,4-8H2,1-3H3;3-5H,2H2,1H3. The first kappa shape index (κ1) is 17.3. The van der Waals surface area contributed by atoms with Crippen LogP contribution in [-0.4, -0.2) is 36.1 Å². The Labute approximate surface area is 94.5 Å². The first-order chi connectivity index (χ1) is 7.04. The van der Waals surface area contributed by atoms with Crippen LogP contribution >= 0.6 is 0 Å². The normalized spacial score (nSPS) is 12.2. The van der Waals surface area contributed by atoms with E-state index in [2.05, 4.69) is 20.8 Å². The smallest absolute Gasteiger partial charge is 0.0742 e. The van der Waals surface area contributed by atoms with Crippen molar-refractivity contribution in [3.63, 3.8) is 0 Å². The number of ether oxygens (including phenoxy) is 1. The van der Waals surface area contributed by atoms with Crippen LogP contribution in [0.25, 0.3) is 0 Å². The molecule has 0 amide bonds. The second-order valence-electron chi connectivity index (χ2n) is 4.18. The van der Waals surface area contributed by atoms with Gasteiger partial charge in [0.25, 0.3) is 0 Å². The molecule has 0 aliphatic heterocycles. The number of hydrogen-bond acceptors (Lipinski definition) is 3. The van der Waals surface area contributed by atoms with E-state index in [4.69, 9.17) is 14.9 Å². The first-order valence-electron chi connectivity index (χ1n) is 5.91. The molecule has 0 saturated carbocycles. The molecule has 1 unspecified atom stereocenters. The predicted octanol–water partition coefficient (Wildman–Crippen LogP) is 2.21. The molecule has 0 aliphatic carbocycles. The summed E-state index contributed by atoms with van der Waals surface area (Å²) in [5.74, 6) is 0.779. The van der Waals surface area contributed by atoms with E-state index in [1.807, 2.05) is 0 Å². The van der Waals surface area contributed by atoms with Gasteiger partial charge in [0, 0.05) is 13.2 Å². The molecule has 0 bridgehead atoms. The van der Waals surface area contributed by atoms with Crippen LogP contribution in [0.4, 0.5) is 0 Å². The molecule has 3 heteroatoms. The third-order valence-corrected chi connectivity index (χ3v) is 1.75. The molecule has 0 fully saturated rings. The second kappa shape index (κ2) is 13.9.